The Kier molecular flexibility index (Phi) is 10.0. The molecule has 0 unspecified atom stereocenters. The number of hydrogen-bond acceptors (Lipinski definition) is 11. The van der Waals surface area contributed by atoms with E-state index < -0.39 is 82.2 Å². The third-order valence-electron chi connectivity index (χ3n) is 6.00. The Hall–Kier alpha value is -0.223. The lowest BCUT2D eigenvalue weighted by Gasteiger charge is -2.50. The summed E-state index contributed by atoms with van der Waals surface area (Å²) in [7, 11) is -1.66. The molecule has 2 heterocycles. The molecule has 0 aromatic heterocycles. The van der Waals surface area contributed by atoms with Crippen LogP contribution in [-0.4, -0.2) is 125 Å². The monoisotopic (exact) mass is 484 g/mol. The van der Waals surface area contributed by atoms with E-state index in [0.29, 0.717) is 12.5 Å². The Morgan fingerprint density at radius 2 is 1.53 bits per heavy atom. The molecule has 0 amide bonds. The maximum absolute atomic E-state index is 11.1. The zero-order valence-electron chi connectivity index (χ0n) is 19.2. The number of aliphatic hydroxyl groups is 7. The predicted octanol–water partition coefficient (Wildman–Crippen LogP) is -1.86. The van der Waals surface area contributed by atoms with Gasteiger partial charge in [-0.25, -0.2) is 0 Å². The second-order valence-electron chi connectivity index (χ2n) is 9.85. The molecular formula is C20H40O11Si. The summed E-state index contributed by atoms with van der Waals surface area (Å²) in [6, 6.07) is 0.575. The van der Waals surface area contributed by atoms with Gasteiger partial charge in [0, 0.05) is 14.7 Å². The van der Waals surface area contributed by atoms with Crippen molar-refractivity contribution >= 4 is 8.07 Å². The first-order chi connectivity index (χ1) is 14.9. The van der Waals surface area contributed by atoms with Gasteiger partial charge in [-0.15, -0.1) is 0 Å². The number of hydrogen-bond donors (Lipinski definition) is 7. The molecule has 7 N–H and O–H groups in total. The molecule has 0 radical (unpaired) electrons. The van der Waals surface area contributed by atoms with Crippen molar-refractivity contribution in [3.8, 4) is 0 Å². The highest BCUT2D eigenvalue weighted by Gasteiger charge is 2.57. The lowest BCUT2D eigenvalue weighted by Crippen LogP contribution is -2.69. The van der Waals surface area contributed by atoms with Gasteiger partial charge in [0.1, 0.15) is 48.3 Å². The summed E-state index contributed by atoms with van der Waals surface area (Å²) < 4.78 is 22.1. The second kappa shape index (κ2) is 11.5. The van der Waals surface area contributed by atoms with Gasteiger partial charge in [-0.3, -0.25) is 0 Å². The molecule has 2 saturated heterocycles. The minimum atomic E-state index is -2.07. The van der Waals surface area contributed by atoms with E-state index in [9.17, 15) is 35.7 Å². The molecule has 2 aliphatic heterocycles. The average molecular weight is 485 g/mol. The van der Waals surface area contributed by atoms with Crippen LogP contribution < -0.4 is 0 Å². The fraction of sp³-hybridized carbons (Fsp3) is 1.00. The Balaban J connectivity index is 2.24. The van der Waals surface area contributed by atoms with Gasteiger partial charge in [0.2, 0.25) is 0 Å². The Labute approximate surface area is 189 Å². The van der Waals surface area contributed by atoms with E-state index in [0.717, 1.165) is 0 Å². The summed E-state index contributed by atoms with van der Waals surface area (Å²) in [5.41, 5.74) is -2.07. The van der Waals surface area contributed by atoms with Crippen LogP contribution in [0, 0.1) is 0 Å². The second-order valence-corrected chi connectivity index (χ2v) is 15.5. The summed E-state index contributed by atoms with van der Waals surface area (Å²) in [5, 5.41) is 72.8. The molecule has 12 heteroatoms. The maximum atomic E-state index is 11.1. The minimum Gasteiger partial charge on any atom is -0.394 e. The Morgan fingerprint density at radius 1 is 0.906 bits per heavy atom. The number of rotatable bonds is 10. The highest BCUT2D eigenvalue weighted by molar-refractivity contribution is 6.76. The molecule has 0 aromatic carbocycles. The summed E-state index contributed by atoms with van der Waals surface area (Å²) in [5.74, 6) is 0. The first kappa shape index (κ1) is 28.0. The van der Waals surface area contributed by atoms with Crippen LogP contribution in [0.25, 0.3) is 0 Å². The molecule has 11 nitrogen and oxygen atoms in total. The van der Waals surface area contributed by atoms with Crippen LogP contribution in [0.3, 0.4) is 0 Å². The predicted molar refractivity (Wildman–Crippen MR) is 114 cm³/mol. The van der Waals surface area contributed by atoms with Crippen LogP contribution in [0.1, 0.15) is 19.8 Å². The molecule has 32 heavy (non-hydrogen) atoms. The highest BCUT2D eigenvalue weighted by atomic mass is 28.3. The fourth-order valence-corrected chi connectivity index (χ4v) is 5.07. The maximum Gasteiger partial charge on any atom is 0.187 e. The van der Waals surface area contributed by atoms with Gasteiger partial charge in [-0.1, -0.05) is 32.6 Å². The van der Waals surface area contributed by atoms with Gasteiger partial charge in [-0.05, 0) is 12.8 Å². The molecule has 2 fully saturated rings. The topological polar surface area (TPSA) is 179 Å². The zero-order chi connectivity index (χ0) is 24.3. The van der Waals surface area contributed by atoms with Gasteiger partial charge in [0.25, 0.3) is 0 Å². The Morgan fingerprint density at radius 3 is 2.06 bits per heavy atom. The van der Waals surface area contributed by atoms with Gasteiger partial charge >= 0.3 is 0 Å². The molecule has 0 aliphatic carbocycles. The Bertz CT molecular complexity index is 576. The first-order valence-corrected chi connectivity index (χ1v) is 14.8. The lowest BCUT2D eigenvalue weighted by atomic mass is 9.84. The fourth-order valence-electron chi connectivity index (χ4n) is 3.92. The molecule has 2 aliphatic rings. The van der Waals surface area contributed by atoms with E-state index in [1.807, 2.05) is 6.92 Å². The summed E-state index contributed by atoms with van der Waals surface area (Å²) in [4.78, 5) is 0. The van der Waals surface area contributed by atoms with Crippen LogP contribution in [-0.2, 0) is 18.9 Å². The van der Waals surface area contributed by atoms with Crippen LogP contribution in [0.4, 0.5) is 0 Å². The molecule has 0 saturated carbocycles. The number of aliphatic hydroxyl groups excluding tert-OH is 6. The van der Waals surface area contributed by atoms with Gasteiger partial charge < -0.3 is 54.7 Å². The van der Waals surface area contributed by atoms with E-state index in [1.165, 1.54) is 0 Å². The number of ether oxygens (including phenoxy) is 4. The summed E-state index contributed by atoms with van der Waals surface area (Å²) in [6.45, 7) is 7.09. The van der Waals surface area contributed by atoms with Crippen molar-refractivity contribution in [3.63, 3.8) is 0 Å². The van der Waals surface area contributed by atoms with Crippen molar-refractivity contribution in [1.82, 2.24) is 0 Å². The normalized spacial score (nSPS) is 43.4. The van der Waals surface area contributed by atoms with Crippen LogP contribution in [0.15, 0.2) is 0 Å². The van der Waals surface area contributed by atoms with Crippen LogP contribution in [0.2, 0.25) is 25.7 Å². The standard InChI is InChI=1S/C20H40O11Si/c1-5-7-28-16-13(23)11(9-21)29-18(14(16)24)31-15-12(10-22)30-19(26)20(27,17(15)25)6-8-32(2,3)4/h11-19,21-27H,5-10H2,1-4H3/t11-,12-,13+,14-,15+,16+,17+,18-,19-,20-/m1/s1. The lowest BCUT2D eigenvalue weighted by molar-refractivity contribution is -0.375. The third-order valence-corrected chi connectivity index (χ3v) is 7.75. The quantitative estimate of drug-likeness (QED) is 0.173. The third kappa shape index (κ3) is 6.26. The molecule has 0 aromatic rings. The van der Waals surface area contributed by atoms with Crippen molar-refractivity contribution in [1.29, 1.82) is 0 Å². The molecule has 10 atom stereocenters. The van der Waals surface area contributed by atoms with E-state index in [4.69, 9.17) is 18.9 Å². The largest absolute Gasteiger partial charge is 0.394 e. The van der Waals surface area contributed by atoms with Crippen LogP contribution in [0.5, 0.6) is 0 Å². The van der Waals surface area contributed by atoms with Crippen molar-refractivity contribution in [2.45, 2.75) is 106 Å². The molecule has 0 bridgehead atoms. The van der Waals surface area contributed by atoms with E-state index in [2.05, 4.69) is 19.6 Å². The van der Waals surface area contributed by atoms with Gasteiger partial charge in [0.15, 0.2) is 12.6 Å². The molecule has 190 valence electrons. The minimum absolute atomic E-state index is 0.0390. The van der Waals surface area contributed by atoms with Crippen LogP contribution >= 0.6 is 0 Å². The van der Waals surface area contributed by atoms with Crippen molar-refractivity contribution in [2.24, 2.45) is 0 Å². The summed E-state index contributed by atoms with van der Waals surface area (Å²) >= 11 is 0. The zero-order valence-corrected chi connectivity index (χ0v) is 20.2. The SMILES string of the molecule is CCCO[C@H]1[C@@H](O)[C@@H](CO)O[C@H](O[C@H]2[C@@H](CO)O[C@@H](O)[C@@](O)(CC[Si](C)(C)C)[C@H]2O)[C@@H]1O. The van der Waals surface area contributed by atoms with Gasteiger partial charge in [0.05, 0.1) is 13.2 Å². The molecular weight excluding hydrogens is 444 g/mol. The van der Waals surface area contributed by atoms with E-state index >= 15 is 0 Å². The average Bonchev–Trinajstić information content (AvgIpc) is 2.73. The van der Waals surface area contributed by atoms with E-state index in [1.54, 1.807) is 0 Å². The van der Waals surface area contributed by atoms with Gasteiger partial charge in [-0.2, -0.15) is 0 Å². The smallest absolute Gasteiger partial charge is 0.187 e. The van der Waals surface area contributed by atoms with Crippen molar-refractivity contribution < 1.29 is 54.7 Å². The summed E-state index contributed by atoms with van der Waals surface area (Å²) in [6.07, 6.45) is -11.9. The molecule has 0 spiro atoms. The van der Waals surface area contributed by atoms with E-state index in [-0.39, 0.29) is 13.0 Å². The highest BCUT2D eigenvalue weighted by Crippen LogP contribution is 2.37. The first-order valence-electron chi connectivity index (χ1n) is 11.1. The van der Waals surface area contributed by atoms with Crippen molar-refractivity contribution in [3.05, 3.63) is 0 Å². The van der Waals surface area contributed by atoms with Crippen molar-refractivity contribution in [2.75, 3.05) is 19.8 Å². The molecule has 2 rings (SSSR count).